The summed E-state index contributed by atoms with van der Waals surface area (Å²) >= 11 is 0. The number of nitrogens with one attached hydrogen (secondary N) is 1. The maximum Gasteiger partial charge on any atom is 0.128 e. The monoisotopic (exact) mass is 277 g/mol. The molecule has 1 aliphatic rings. The number of hydrogen-bond donors (Lipinski definition) is 1. The van der Waals surface area contributed by atoms with Crippen LogP contribution in [0.3, 0.4) is 0 Å². The Morgan fingerprint density at radius 3 is 2.80 bits per heavy atom. The predicted octanol–water partition coefficient (Wildman–Crippen LogP) is 3.93. The van der Waals surface area contributed by atoms with Crippen LogP contribution in [0.5, 0.6) is 11.5 Å². The maximum absolute atomic E-state index is 6.23. The lowest BCUT2D eigenvalue weighted by atomic mass is 9.86. The summed E-state index contributed by atoms with van der Waals surface area (Å²) in [5, 5.41) is 3.68. The van der Waals surface area contributed by atoms with Crippen molar-refractivity contribution < 1.29 is 9.47 Å². The third kappa shape index (κ3) is 3.26. The lowest BCUT2D eigenvalue weighted by Crippen LogP contribution is -2.42. The summed E-state index contributed by atoms with van der Waals surface area (Å²) in [5.74, 6) is 2.46. The van der Waals surface area contributed by atoms with Crippen molar-refractivity contribution >= 4 is 0 Å². The first-order valence-electron chi connectivity index (χ1n) is 7.57. The second kappa shape index (κ2) is 6.04. The molecule has 2 unspecified atom stereocenters. The molecule has 112 valence electrons. The molecule has 0 aromatic heterocycles. The van der Waals surface area contributed by atoms with Crippen molar-refractivity contribution in [3.63, 3.8) is 0 Å². The summed E-state index contributed by atoms with van der Waals surface area (Å²) in [4.78, 5) is 0. The number of methoxy groups -OCH3 is 1. The molecule has 2 rings (SSSR count). The molecule has 1 aliphatic heterocycles. The maximum atomic E-state index is 6.23. The van der Waals surface area contributed by atoms with Crippen LogP contribution in [0.25, 0.3) is 0 Å². The first-order valence-corrected chi connectivity index (χ1v) is 7.57. The SMILES string of the molecule is CCC1(C)CC(NCC(C)C)c2ccc(OC)cc2O1. The number of benzene rings is 1. The largest absolute Gasteiger partial charge is 0.497 e. The molecule has 0 spiro atoms. The molecule has 3 heteroatoms. The molecule has 0 saturated carbocycles. The fourth-order valence-corrected chi connectivity index (χ4v) is 2.64. The van der Waals surface area contributed by atoms with E-state index in [0.29, 0.717) is 12.0 Å². The quantitative estimate of drug-likeness (QED) is 0.884. The van der Waals surface area contributed by atoms with Gasteiger partial charge in [-0.2, -0.15) is 0 Å². The average molecular weight is 277 g/mol. The minimum atomic E-state index is -0.103. The van der Waals surface area contributed by atoms with Gasteiger partial charge in [-0.1, -0.05) is 26.8 Å². The van der Waals surface area contributed by atoms with Crippen LogP contribution in [-0.2, 0) is 0 Å². The lowest BCUT2D eigenvalue weighted by molar-refractivity contribution is 0.0435. The Morgan fingerprint density at radius 2 is 2.20 bits per heavy atom. The highest BCUT2D eigenvalue weighted by Crippen LogP contribution is 2.42. The van der Waals surface area contributed by atoms with Crippen LogP contribution in [0.1, 0.15) is 52.1 Å². The van der Waals surface area contributed by atoms with E-state index in [9.17, 15) is 0 Å². The molecule has 1 aromatic carbocycles. The third-order valence-corrected chi connectivity index (χ3v) is 4.11. The molecule has 3 nitrogen and oxygen atoms in total. The summed E-state index contributed by atoms with van der Waals surface area (Å²) in [6.45, 7) is 9.88. The Kier molecular flexibility index (Phi) is 4.59. The first kappa shape index (κ1) is 15.2. The Hall–Kier alpha value is -1.22. The van der Waals surface area contributed by atoms with E-state index >= 15 is 0 Å². The minimum absolute atomic E-state index is 0.103. The standard InChI is InChI=1S/C17H27NO2/c1-6-17(4)10-15(18-11-12(2)3)14-8-7-13(19-5)9-16(14)20-17/h7-9,12,15,18H,6,10-11H2,1-5H3. The molecule has 1 N–H and O–H groups in total. The highest BCUT2D eigenvalue weighted by atomic mass is 16.5. The smallest absolute Gasteiger partial charge is 0.128 e. The molecule has 1 aromatic rings. The molecular formula is C17H27NO2. The van der Waals surface area contributed by atoms with E-state index in [0.717, 1.165) is 30.9 Å². The van der Waals surface area contributed by atoms with Crippen LogP contribution in [0.4, 0.5) is 0 Å². The summed E-state index contributed by atoms with van der Waals surface area (Å²) in [6.07, 6.45) is 2.01. The zero-order chi connectivity index (χ0) is 14.8. The number of fused-ring (bicyclic) bond motifs is 1. The van der Waals surface area contributed by atoms with Crippen LogP contribution in [0.2, 0.25) is 0 Å². The minimum Gasteiger partial charge on any atom is -0.497 e. The van der Waals surface area contributed by atoms with E-state index in [1.54, 1.807) is 7.11 Å². The van der Waals surface area contributed by atoms with Crippen LogP contribution < -0.4 is 14.8 Å². The van der Waals surface area contributed by atoms with Crippen LogP contribution in [-0.4, -0.2) is 19.3 Å². The van der Waals surface area contributed by atoms with Gasteiger partial charge < -0.3 is 14.8 Å². The van der Waals surface area contributed by atoms with Crippen LogP contribution in [0, 0.1) is 5.92 Å². The van der Waals surface area contributed by atoms with Gasteiger partial charge in [0.15, 0.2) is 0 Å². The van der Waals surface area contributed by atoms with Gasteiger partial charge in [-0.15, -0.1) is 0 Å². The van der Waals surface area contributed by atoms with Crippen molar-refractivity contribution in [2.24, 2.45) is 5.92 Å². The van der Waals surface area contributed by atoms with E-state index in [1.165, 1.54) is 5.56 Å². The Bertz CT molecular complexity index is 458. The van der Waals surface area contributed by atoms with Gasteiger partial charge in [0.25, 0.3) is 0 Å². The number of rotatable bonds is 5. The fraction of sp³-hybridized carbons (Fsp3) is 0.647. The molecule has 2 atom stereocenters. The van der Waals surface area contributed by atoms with E-state index in [1.807, 2.05) is 12.1 Å². The van der Waals surface area contributed by atoms with Gasteiger partial charge in [0.2, 0.25) is 0 Å². The van der Waals surface area contributed by atoms with Crippen LogP contribution in [0.15, 0.2) is 18.2 Å². The molecule has 20 heavy (non-hydrogen) atoms. The fourth-order valence-electron chi connectivity index (χ4n) is 2.64. The highest BCUT2D eigenvalue weighted by Gasteiger charge is 2.36. The van der Waals surface area contributed by atoms with Gasteiger partial charge in [0.1, 0.15) is 17.1 Å². The van der Waals surface area contributed by atoms with E-state index in [-0.39, 0.29) is 5.60 Å². The predicted molar refractivity (Wildman–Crippen MR) is 82.5 cm³/mol. The van der Waals surface area contributed by atoms with Crippen molar-refractivity contribution in [2.45, 2.75) is 52.2 Å². The molecular weight excluding hydrogens is 250 g/mol. The van der Waals surface area contributed by atoms with Crippen molar-refractivity contribution in [2.75, 3.05) is 13.7 Å². The van der Waals surface area contributed by atoms with Crippen molar-refractivity contribution in [1.29, 1.82) is 0 Å². The van der Waals surface area contributed by atoms with Gasteiger partial charge in [-0.05, 0) is 31.9 Å². The molecule has 0 saturated heterocycles. The van der Waals surface area contributed by atoms with Gasteiger partial charge >= 0.3 is 0 Å². The average Bonchev–Trinajstić information content (AvgIpc) is 2.43. The first-order chi connectivity index (χ1) is 9.47. The van der Waals surface area contributed by atoms with Gasteiger partial charge in [0.05, 0.1) is 7.11 Å². The Balaban J connectivity index is 2.29. The van der Waals surface area contributed by atoms with Crippen molar-refractivity contribution in [3.8, 4) is 11.5 Å². The van der Waals surface area contributed by atoms with Gasteiger partial charge in [-0.25, -0.2) is 0 Å². The Morgan fingerprint density at radius 1 is 1.45 bits per heavy atom. The molecule has 0 amide bonds. The van der Waals surface area contributed by atoms with Gasteiger partial charge in [0, 0.05) is 24.1 Å². The summed E-state index contributed by atoms with van der Waals surface area (Å²) in [7, 11) is 1.69. The van der Waals surface area contributed by atoms with Crippen molar-refractivity contribution in [3.05, 3.63) is 23.8 Å². The zero-order valence-corrected chi connectivity index (χ0v) is 13.3. The molecule has 0 radical (unpaired) electrons. The van der Waals surface area contributed by atoms with E-state index < -0.39 is 0 Å². The number of ether oxygens (including phenoxy) is 2. The topological polar surface area (TPSA) is 30.5 Å². The zero-order valence-electron chi connectivity index (χ0n) is 13.3. The lowest BCUT2D eigenvalue weighted by Gasteiger charge is -2.40. The van der Waals surface area contributed by atoms with Crippen LogP contribution >= 0.6 is 0 Å². The van der Waals surface area contributed by atoms with E-state index in [2.05, 4.69) is 39.1 Å². The highest BCUT2D eigenvalue weighted by molar-refractivity contribution is 5.44. The number of hydrogen-bond acceptors (Lipinski definition) is 3. The summed E-state index contributed by atoms with van der Waals surface area (Å²) < 4.78 is 11.5. The van der Waals surface area contributed by atoms with Crippen molar-refractivity contribution in [1.82, 2.24) is 5.32 Å². The molecule has 0 bridgehead atoms. The second-order valence-electron chi connectivity index (χ2n) is 6.37. The summed E-state index contributed by atoms with van der Waals surface area (Å²) in [5.41, 5.74) is 1.14. The second-order valence-corrected chi connectivity index (χ2v) is 6.37. The normalized spacial score (nSPS) is 25.2. The molecule has 1 heterocycles. The molecule has 0 aliphatic carbocycles. The third-order valence-electron chi connectivity index (χ3n) is 4.11. The summed E-state index contributed by atoms with van der Waals surface area (Å²) in [6, 6.07) is 6.51. The van der Waals surface area contributed by atoms with Gasteiger partial charge in [-0.3, -0.25) is 0 Å². The Labute approximate surface area is 122 Å². The van der Waals surface area contributed by atoms with E-state index in [4.69, 9.17) is 9.47 Å². The molecule has 0 fully saturated rings.